The molecule has 1 saturated heterocycles. The smallest absolute Gasteiger partial charge is 0.186 e. The van der Waals surface area contributed by atoms with Gasteiger partial charge in [0.05, 0.1) is 13.2 Å². The molecule has 1 aliphatic rings. The second kappa shape index (κ2) is 6.26. The van der Waals surface area contributed by atoms with E-state index in [1.807, 2.05) is 30.3 Å². The van der Waals surface area contributed by atoms with Crippen LogP contribution in [0.2, 0.25) is 0 Å². The number of hydrogen-bond acceptors (Lipinski definition) is 5. The van der Waals surface area contributed by atoms with Gasteiger partial charge in [-0.1, -0.05) is 30.3 Å². The van der Waals surface area contributed by atoms with E-state index < -0.39 is 24.6 Å². The Morgan fingerprint density at radius 2 is 1.89 bits per heavy atom. The number of hydrogen-bond donors (Lipinski definition) is 2. The molecule has 0 spiro atoms. The average Bonchev–Trinajstić information content (AvgIpc) is 2.68. The molecule has 0 radical (unpaired) electrons. The molecule has 0 aliphatic carbocycles. The highest BCUT2D eigenvalue weighted by Gasteiger charge is 2.42. The fraction of sp³-hybridized carbons (Fsp3) is 0.538. The van der Waals surface area contributed by atoms with Crippen molar-refractivity contribution in [3.05, 3.63) is 35.9 Å². The molecular formula is C13H18O5. The second-order valence-corrected chi connectivity index (χ2v) is 4.26. The zero-order valence-electron chi connectivity index (χ0n) is 10.2. The first kappa shape index (κ1) is 13.5. The van der Waals surface area contributed by atoms with Gasteiger partial charge in [-0.3, -0.25) is 0 Å². The summed E-state index contributed by atoms with van der Waals surface area (Å²) in [6.45, 7) is 0.661. The van der Waals surface area contributed by atoms with Crippen LogP contribution in [0.1, 0.15) is 5.56 Å². The van der Waals surface area contributed by atoms with E-state index in [1.165, 1.54) is 7.11 Å². The second-order valence-electron chi connectivity index (χ2n) is 4.26. The van der Waals surface area contributed by atoms with Crippen molar-refractivity contribution in [2.24, 2.45) is 0 Å². The molecule has 1 fully saturated rings. The van der Waals surface area contributed by atoms with E-state index in [2.05, 4.69) is 0 Å². The SMILES string of the molecule is CO[C@@H]1O[C@H](COCc2ccccc2)[C@@H](O)[C@@H]1O. The monoisotopic (exact) mass is 254 g/mol. The summed E-state index contributed by atoms with van der Waals surface area (Å²) in [7, 11) is 1.42. The highest BCUT2D eigenvalue weighted by molar-refractivity contribution is 5.13. The van der Waals surface area contributed by atoms with E-state index in [9.17, 15) is 10.2 Å². The standard InChI is InChI=1S/C13H18O5/c1-16-13-12(15)11(14)10(18-13)8-17-7-9-5-3-2-4-6-9/h2-6,10-15H,7-8H2,1H3/t10-,11-,12+,13-/m1/s1. The molecule has 5 heteroatoms. The van der Waals surface area contributed by atoms with Gasteiger partial charge in [-0.2, -0.15) is 0 Å². The molecule has 1 aliphatic heterocycles. The quantitative estimate of drug-likeness (QED) is 0.791. The summed E-state index contributed by atoms with van der Waals surface area (Å²) < 4.78 is 15.7. The lowest BCUT2D eigenvalue weighted by Gasteiger charge is -2.14. The molecule has 1 heterocycles. The summed E-state index contributed by atoms with van der Waals surface area (Å²) in [5.41, 5.74) is 1.05. The first-order chi connectivity index (χ1) is 8.72. The van der Waals surface area contributed by atoms with Gasteiger partial charge in [0.1, 0.15) is 18.3 Å². The van der Waals surface area contributed by atoms with Crippen LogP contribution in [-0.4, -0.2) is 48.5 Å². The summed E-state index contributed by atoms with van der Waals surface area (Å²) in [5, 5.41) is 19.3. The topological polar surface area (TPSA) is 68.2 Å². The molecule has 0 amide bonds. The maximum Gasteiger partial charge on any atom is 0.186 e. The molecule has 0 aromatic heterocycles. The third-order valence-corrected chi connectivity index (χ3v) is 2.94. The summed E-state index contributed by atoms with van der Waals surface area (Å²) in [5.74, 6) is 0. The van der Waals surface area contributed by atoms with Crippen molar-refractivity contribution in [3.63, 3.8) is 0 Å². The summed E-state index contributed by atoms with van der Waals surface area (Å²) in [4.78, 5) is 0. The number of aliphatic hydroxyl groups is 2. The van der Waals surface area contributed by atoms with Gasteiger partial charge < -0.3 is 24.4 Å². The van der Waals surface area contributed by atoms with Gasteiger partial charge in [-0.25, -0.2) is 0 Å². The Balaban J connectivity index is 1.77. The minimum Gasteiger partial charge on any atom is -0.387 e. The van der Waals surface area contributed by atoms with Crippen LogP contribution in [0.15, 0.2) is 30.3 Å². The number of benzene rings is 1. The van der Waals surface area contributed by atoms with E-state index in [1.54, 1.807) is 0 Å². The van der Waals surface area contributed by atoms with Crippen LogP contribution in [0, 0.1) is 0 Å². The third-order valence-electron chi connectivity index (χ3n) is 2.94. The number of methoxy groups -OCH3 is 1. The van der Waals surface area contributed by atoms with Crippen molar-refractivity contribution in [2.75, 3.05) is 13.7 Å². The summed E-state index contributed by atoms with van der Waals surface area (Å²) in [6.07, 6.45) is -3.36. The van der Waals surface area contributed by atoms with Gasteiger partial charge in [0, 0.05) is 7.11 Å². The van der Waals surface area contributed by atoms with E-state index in [0.717, 1.165) is 5.56 Å². The summed E-state index contributed by atoms with van der Waals surface area (Å²) >= 11 is 0. The minimum atomic E-state index is -1.03. The predicted octanol–water partition coefficient (Wildman–Crippen LogP) is 0.296. The molecule has 1 aromatic carbocycles. The molecule has 100 valence electrons. The van der Waals surface area contributed by atoms with Gasteiger partial charge in [-0.05, 0) is 5.56 Å². The Morgan fingerprint density at radius 1 is 1.17 bits per heavy atom. The molecule has 18 heavy (non-hydrogen) atoms. The predicted molar refractivity (Wildman–Crippen MR) is 63.8 cm³/mol. The third kappa shape index (κ3) is 3.07. The van der Waals surface area contributed by atoms with Crippen LogP contribution < -0.4 is 0 Å². The van der Waals surface area contributed by atoms with E-state index in [-0.39, 0.29) is 6.61 Å². The number of rotatable bonds is 5. The first-order valence-corrected chi connectivity index (χ1v) is 5.88. The fourth-order valence-corrected chi connectivity index (χ4v) is 1.91. The van der Waals surface area contributed by atoms with Crippen molar-refractivity contribution in [3.8, 4) is 0 Å². The highest BCUT2D eigenvalue weighted by Crippen LogP contribution is 2.22. The molecule has 0 bridgehead atoms. The Kier molecular flexibility index (Phi) is 4.68. The Bertz CT molecular complexity index is 356. The Hall–Kier alpha value is -0.980. The molecule has 2 rings (SSSR count). The van der Waals surface area contributed by atoms with Gasteiger partial charge >= 0.3 is 0 Å². The lowest BCUT2D eigenvalue weighted by Crippen LogP contribution is -2.34. The van der Waals surface area contributed by atoms with Crippen LogP contribution in [0.5, 0.6) is 0 Å². The van der Waals surface area contributed by atoms with Crippen molar-refractivity contribution >= 4 is 0 Å². The zero-order chi connectivity index (χ0) is 13.0. The van der Waals surface area contributed by atoms with Crippen LogP contribution in [0.25, 0.3) is 0 Å². The molecule has 2 N–H and O–H groups in total. The number of ether oxygens (including phenoxy) is 3. The van der Waals surface area contributed by atoms with Crippen molar-refractivity contribution in [1.82, 2.24) is 0 Å². The largest absolute Gasteiger partial charge is 0.387 e. The molecule has 5 nitrogen and oxygen atoms in total. The van der Waals surface area contributed by atoms with Gasteiger partial charge in [-0.15, -0.1) is 0 Å². The fourth-order valence-electron chi connectivity index (χ4n) is 1.91. The average molecular weight is 254 g/mol. The maximum absolute atomic E-state index is 9.72. The number of aliphatic hydroxyl groups excluding tert-OH is 2. The van der Waals surface area contributed by atoms with Crippen molar-refractivity contribution < 1.29 is 24.4 Å². The maximum atomic E-state index is 9.72. The highest BCUT2D eigenvalue weighted by atomic mass is 16.7. The van der Waals surface area contributed by atoms with E-state index in [4.69, 9.17) is 14.2 Å². The Morgan fingerprint density at radius 3 is 2.50 bits per heavy atom. The van der Waals surface area contributed by atoms with Crippen LogP contribution >= 0.6 is 0 Å². The van der Waals surface area contributed by atoms with Gasteiger partial charge in [0.15, 0.2) is 6.29 Å². The van der Waals surface area contributed by atoms with Gasteiger partial charge in [0.2, 0.25) is 0 Å². The van der Waals surface area contributed by atoms with Crippen LogP contribution in [0.4, 0.5) is 0 Å². The minimum absolute atomic E-state index is 0.215. The first-order valence-electron chi connectivity index (χ1n) is 5.88. The molecule has 0 unspecified atom stereocenters. The Labute approximate surface area is 106 Å². The molecule has 4 atom stereocenters. The molecule has 1 aromatic rings. The zero-order valence-corrected chi connectivity index (χ0v) is 10.2. The van der Waals surface area contributed by atoms with Gasteiger partial charge in [0.25, 0.3) is 0 Å². The van der Waals surface area contributed by atoms with Crippen LogP contribution in [-0.2, 0) is 20.8 Å². The van der Waals surface area contributed by atoms with E-state index >= 15 is 0 Å². The lowest BCUT2D eigenvalue weighted by atomic mass is 10.1. The lowest BCUT2D eigenvalue weighted by molar-refractivity contribution is -0.156. The summed E-state index contributed by atoms with van der Waals surface area (Å²) in [6, 6.07) is 9.72. The molecule has 0 saturated carbocycles. The van der Waals surface area contributed by atoms with Crippen molar-refractivity contribution in [2.45, 2.75) is 31.2 Å². The normalized spacial score (nSPS) is 31.7. The van der Waals surface area contributed by atoms with Crippen LogP contribution in [0.3, 0.4) is 0 Å². The molecular weight excluding hydrogens is 236 g/mol. The van der Waals surface area contributed by atoms with E-state index in [0.29, 0.717) is 6.61 Å². The van der Waals surface area contributed by atoms with Crippen molar-refractivity contribution in [1.29, 1.82) is 0 Å².